The Kier molecular flexibility index (Phi) is 9.01. The number of aromatic amines is 1. The van der Waals surface area contributed by atoms with Crippen molar-refractivity contribution < 1.29 is 24.6 Å². The van der Waals surface area contributed by atoms with Crippen LogP contribution in [-0.4, -0.2) is 51.5 Å². The Bertz CT molecular complexity index is 1250. The molecule has 0 spiro atoms. The first kappa shape index (κ1) is 26.2. The van der Waals surface area contributed by atoms with Crippen molar-refractivity contribution in [3.8, 4) is 0 Å². The van der Waals surface area contributed by atoms with Gasteiger partial charge in [0.05, 0.1) is 6.61 Å². The van der Waals surface area contributed by atoms with E-state index < -0.39 is 17.9 Å². The van der Waals surface area contributed by atoms with Crippen molar-refractivity contribution in [3.05, 3.63) is 65.4 Å². The van der Waals surface area contributed by atoms with Gasteiger partial charge in [-0.1, -0.05) is 30.3 Å². The topological polar surface area (TPSA) is 196 Å². The number of guanidine groups is 1. The van der Waals surface area contributed by atoms with Crippen LogP contribution in [0.15, 0.2) is 53.5 Å². The third-order valence-corrected chi connectivity index (χ3v) is 5.59. The summed E-state index contributed by atoms with van der Waals surface area (Å²) < 4.78 is 0. The van der Waals surface area contributed by atoms with Gasteiger partial charge in [-0.25, -0.2) is 4.79 Å². The van der Waals surface area contributed by atoms with E-state index in [9.17, 15) is 24.6 Å². The highest BCUT2D eigenvalue weighted by molar-refractivity contribution is 6.02. The second-order valence-corrected chi connectivity index (χ2v) is 8.26. The minimum Gasteiger partial charge on any atom is -0.480 e. The fourth-order valence-corrected chi connectivity index (χ4v) is 3.78. The zero-order valence-corrected chi connectivity index (χ0v) is 19.7. The highest BCUT2D eigenvalue weighted by Gasteiger charge is 2.24. The zero-order valence-electron chi connectivity index (χ0n) is 19.7. The molecule has 1 heterocycles. The number of aliphatic imine (C=N–C) groups is 1. The molecule has 0 saturated heterocycles. The fourth-order valence-electron chi connectivity index (χ4n) is 3.78. The van der Waals surface area contributed by atoms with Crippen LogP contribution in [0.2, 0.25) is 0 Å². The van der Waals surface area contributed by atoms with E-state index in [-0.39, 0.29) is 30.6 Å². The second-order valence-electron chi connectivity index (χ2n) is 8.26. The first-order chi connectivity index (χ1) is 17.3. The van der Waals surface area contributed by atoms with Gasteiger partial charge in [-0.3, -0.25) is 14.6 Å². The molecule has 190 valence electrons. The van der Waals surface area contributed by atoms with Crippen molar-refractivity contribution in [1.29, 1.82) is 0 Å². The molecule has 1 atom stereocenters. The summed E-state index contributed by atoms with van der Waals surface area (Å²) >= 11 is 0. The number of carbonyl (C=O) groups excluding carboxylic acids is 2. The standard InChI is InChI=1S/C25H30N6O5/c26-25(27)28-12-4-3-7-21(33)29-16-10-8-15(9-11-16)13-20(24(35)36)31-23(34)22-18(14-32)17-5-1-2-6-19(17)30-22/h1-2,5-6,8-11,20,30,32H,3-4,7,12-14H2,(H,29,33)(H,31,34)(H,35,36)(H4,26,27,28)/t20-/m0/s1. The Morgan fingerprint density at radius 3 is 2.42 bits per heavy atom. The maximum absolute atomic E-state index is 12.9. The number of nitrogens with one attached hydrogen (secondary N) is 3. The number of aliphatic carboxylic acids is 1. The number of amides is 2. The number of aromatic nitrogens is 1. The largest absolute Gasteiger partial charge is 0.480 e. The minimum absolute atomic E-state index is 0.0250. The molecule has 11 heteroatoms. The molecule has 0 unspecified atom stereocenters. The summed E-state index contributed by atoms with van der Waals surface area (Å²) in [6.45, 7) is 0.0984. The number of unbranched alkanes of at least 4 members (excludes halogenated alkanes) is 1. The maximum atomic E-state index is 12.9. The van der Waals surface area contributed by atoms with E-state index in [0.717, 1.165) is 0 Å². The van der Waals surface area contributed by atoms with Crippen LogP contribution in [0.4, 0.5) is 5.69 Å². The van der Waals surface area contributed by atoms with E-state index in [4.69, 9.17) is 11.5 Å². The number of aliphatic hydroxyl groups excluding tert-OH is 1. The van der Waals surface area contributed by atoms with Crippen LogP contribution >= 0.6 is 0 Å². The maximum Gasteiger partial charge on any atom is 0.326 e. The van der Waals surface area contributed by atoms with Gasteiger partial charge in [0.1, 0.15) is 11.7 Å². The SMILES string of the molecule is NC(N)=NCCCCC(=O)Nc1ccc(C[C@H](NC(=O)c2[nH]c3ccccc3c2CO)C(=O)O)cc1. The Morgan fingerprint density at radius 1 is 1.03 bits per heavy atom. The monoisotopic (exact) mass is 494 g/mol. The number of anilines is 1. The molecule has 11 nitrogen and oxygen atoms in total. The Balaban J connectivity index is 1.58. The van der Waals surface area contributed by atoms with Crippen LogP contribution < -0.4 is 22.1 Å². The van der Waals surface area contributed by atoms with Crippen molar-refractivity contribution in [3.63, 3.8) is 0 Å². The Hall–Kier alpha value is -4.38. The summed E-state index contributed by atoms with van der Waals surface area (Å²) in [6.07, 6.45) is 1.67. The number of fused-ring (bicyclic) bond motifs is 1. The van der Waals surface area contributed by atoms with Crippen molar-refractivity contribution in [1.82, 2.24) is 10.3 Å². The summed E-state index contributed by atoms with van der Waals surface area (Å²) in [5.74, 6) is -1.94. The molecule has 0 fully saturated rings. The minimum atomic E-state index is -1.19. The zero-order chi connectivity index (χ0) is 26.1. The molecule has 0 aliphatic carbocycles. The summed E-state index contributed by atoms with van der Waals surface area (Å²) in [6, 6.07) is 12.7. The first-order valence-electron chi connectivity index (χ1n) is 11.5. The molecule has 0 aliphatic rings. The van der Waals surface area contributed by atoms with Gasteiger partial charge in [-0.2, -0.15) is 0 Å². The van der Waals surface area contributed by atoms with Crippen LogP contribution in [0.5, 0.6) is 0 Å². The summed E-state index contributed by atoms with van der Waals surface area (Å²) in [5.41, 5.74) is 13.0. The van der Waals surface area contributed by atoms with Gasteiger partial charge in [0, 0.05) is 41.5 Å². The van der Waals surface area contributed by atoms with Crippen molar-refractivity contribution in [2.45, 2.75) is 38.3 Å². The van der Waals surface area contributed by atoms with Crippen molar-refractivity contribution in [2.24, 2.45) is 16.5 Å². The van der Waals surface area contributed by atoms with Gasteiger partial charge in [0.2, 0.25) is 5.91 Å². The second kappa shape index (κ2) is 12.4. The molecule has 0 bridgehead atoms. The van der Waals surface area contributed by atoms with Crippen LogP contribution in [0.25, 0.3) is 10.9 Å². The van der Waals surface area contributed by atoms with E-state index in [1.54, 1.807) is 48.5 Å². The quantitative estimate of drug-likeness (QED) is 0.112. The third-order valence-electron chi connectivity index (χ3n) is 5.59. The third kappa shape index (κ3) is 7.06. The number of para-hydroxylation sites is 1. The van der Waals surface area contributed by atoms with Gasteiger partial charge in [-0.05, 0) is 36.6 Å². The van der Waals surface area contributed by atoms with Gasteiger partial charge in [0.25, 0.3) is 5.91 Å². The number of aliphatic hydroxyl groups is 1. The van der Waals surface area contributed by atoms with Crippen LogP contribution in [0.1, 0.15) is 40.9 Å². The van der Waals surface area contributed by atoms with Crippen LogP contribution in [0, 0.1) is 0 Å². The lowest BCUT2D eigenvalue weighted by Crippen LogP contribution is -2.42. The average molecular weight is 495 g/mol. The van der Waals surface area contributed by atoms with Crippen LogP contribution in [-0.2, 0) is 22.6 Å². The Morgan fingerprint density at radius 2 is 1.75 bits per heavy atom. The predicted octanol–water partition coefficient (Wildman–Crippen LogP) is 1.47. The predicted molar refractivity (Wildman–Crippen MR) is 136 cm³/mol. The normalized spacial score (nSPS) is 11.6. The van der Waals surface area contributed by atoms with E-state index in [1.807, 2.05) is 0 Å². The number of H-pyrrole nitrogens is 1. The highest BCUT2D eigenvalue weighted by Crippen LogP contribution is 2.22. The lowest BCUT2D eigenvalue weighted by Gasteiger charge is -2.15. The average Bonchev–Trinajstić information content (AvgIpc) is 3.23. The molecule has 0 radical (unpaired) electrons. The molecule has 0 aliphatic heterocycles. The number of hydrogen-bond donors (Lipinski definition) is 7. The van der Waals surface area contributed by atoms with Crippen molar-refractivity contribution in [2.75, 3.05) is 11.9 Å². The summed E-state index contributed by atoms with van der Waals surface area (Å²) in [5, 5.41) is 25.4. The molecule has 36 heavy (non-hydrogen) atoms. The van der Waals surface area contributed by atoms with Gasteiger partial charge in [0.15, 0.2) is 5.96 Å². The number of rotatable bonds is 12. The van der Waals surface area contributed by atoms with E-state index in [2.05, 4.69) is 20.6 Å². The van der Waals surface area contributed by atoms with Gasteiger partial charge < -0.3 is 37.3 Å². The highest BCUT2D eigenvalue weighted by atomic mass is 16.4. The number of benzene rings is 2. The molecule has 2 amide bonds. The Labute approximate surface area is 207 Å². The van der Waals surface area contributed by atoms with E-state index in [0.29, 0.717) is 53.5 Å². The molecule has 0 saturated carbocycles. The molecule has 3 aromatic rings. The number of hydrogen-bond acceptors (Lipinski definition) is 5. The van der Waals surface area contributed by atoms with Gasteiger partial charge >= 0.3 is 5.97 Å². The number of carbonyl (C=O) groups is 3. The van der Waals surface area contributed by atoms with E-state index >= 15 is 0 Å². The van der Waals surface area contributed by atoms with E-state index in [1.165, 1.54) is 0 Å². The summed E-state index contributed by atoms with van der Waals surface area (Å²) in [4.78, 5) is 43.6. The lowest BCUT2D eigenvalue weighted by molar-refractivity contribution is -0.139. The van der Waals surface area contributed by atoms with Crippen molar-refractivity contribution >= 4 is 40.3 Å². The molecule has 1 aromatic heterocycles. The molecule has 2 aromatic carbocycles. The lowest BCUT2D eigenvalue weighted by atomic mass is 10.0. The first-order valence-corrected chi connectivity index (χ1v) is 11.5. The molecule has 3 rings (SSSR count). The number of nitrogens with two attached hydrogens (primary N) is 2. The number of carboxylic acid groups (broad SMARTS) is 1. The number of nitrogens with zero attached hydrogens (tertiary/aromatic N) is 1. The summed E-state index contributed by atoms with van der Waals surface area (Å²) in [7, 11) is 0. The molecule has 9 N–H and O–H groups in total. The van der Waals surface area contributed by atoms with Crippen LogP contribution in [0.3, 0.4) is 0 Å². The molecular weight excluding hydrogens is 464 g/mol. The fraction of sp³-hybridized carbons (Fsp3) is 0.280. The molecular formula is C25H30N6O5. The van der Waals surface area contributed by atoms with Gasteiger partial charge in [-0.15, -0.1) is 0 Å². The number of carboxylic acids is 1. The smallest absolute Gasteiger partial charge is 0.326 e.